The van der Waals surface area contributed by atoms with E-state index in [9.17, 15) is 29.4 Å². The third kappa shape index (κ3) is 8.39. The SMILES string of the molecule is CC(C)(S)[C@@H](NC(=O)[C@H](Cc1ccccc1)NC(=O)[C@@H](CS)NC(=O)[C@H]1NCC[C@@H]1c1ccc(O)cc1)C(=O)O. The number of carbonyl (C=O) groups is 4. The molecule has 0 radical (unpaired) electrons. The summed E-state index contributed by atoms with van der Waals surface area (Å²) in [5.74, 6) is -3.03. The Balaban J connectivity index is 1.74. The monoisotopic (exact) mass is 588 g/mol. The van der Waals surface area contributed by atoms with Gasteiger partial charge >= 0.3 is 5.97 Å². The van der Waals surface area contributed by atoms with Crippen LogP contribution >= 0.6 is 25.3 Å². The lowest BCUT2D eigenvalue weighted by molar-refractivity contribution is -0.143. The number of rotatable bonds is 12. The van der Waals surface area contributed by atoms with Crippen LogP contribution < -0.4 is 21.3 Å². The lowest BCUT2D eigenvalue weighted by atomic mass is 9.91. The average Bonchev–Trinajstić information content (AvgIpc) is 3.40. The second-order valence-electron chi connectivity index (χ2n) is 10.3. The molecule has 0 unspecified atom stereocenters. The molecule has 1 heterocycles. The number of carboxylic acid groups (broad SMARTS) is 1. The summed E-state index contributed by atoms with van der Waals surface area (Å²) in [6.07, 6.45) is 0.796. The predicted octanol–water partition coefficient (Wildman–Crippen LogP) is 1.26. The minimum absolute atomic E-state index is 0.0325. The van der Waals surface area contributed by atoms with Crippen LogP contribution in [0.1, 0.15) is 37.3 Å². The Labute approximate surface area is 244 Å². The quantitative estimate of drug-likeness (QED) is 0.174. The highest BCUT2D eigenvalue weighted by atomic mass is 32.1. The van der Waals surface area contributed by atoms with E-state index in [0.717, 1.165) is 11.1 Å². The zero-order chi connectivity index (χ0) is 29.4. The molecule has 0 saturated carbocycles. The minimum Gasteiger partial charge on any atom is -0.508 e. The maximum Gasteiger partial charge on any atom is 0.327 e. The molecular weight excluding hydrogens is 552 g/mol. The smallest absolute Gasteiger partial charge is 0.327 e. The van der Waals surface area contributed by atoms with E-state index in [0.29, 0.717) is 13.0 Å². The van der Waals surface area contributed by atoms with Gasteiger partial charge in [-0.25, -0.2) is 4.79 Å². The van der Waals surface area contributed by atoms with Crippen molar-refractivity contribution in [1.82, 2.24) is 21.3 Å². The first-order valence-corrected chi connectivity index (χ1v) is 14.0. The molecule has 40 heavy (non-hydrogen) atoms. The lowest BCUT2D eigenvalue weighted by Crippen LogP contribution is -2.60. The van der Waals surface area contributed by atoms with E-state index in [1.54, 1.807) is 62.4 Å². The normalized spacial score (nSPS) is 19.2. The van der Waals surface area contributed by atoms with Crippen molar-refractivity contribution in [2.24, 2.45) is 0 Å². The number of thiol groups is 2. The molecule has 5 atom stereocenters. The van der Waals surface area contributed by atoms with Crippen molar-refractivity contribution < 1.29 is 29.4 Å². The number of phenolic OH excluding ortho intramolecular Hbond substituents is 1. The highest BCUT2D eigenvalue weighted by Gasteiger charge is 2.38. The van der Waals surface area contributed by atoms with E-state index >= 15 is 0 Å². The second-order valence-corrected chi connectivity index (χ2v) is 11.9. The molecular formula is C28H36N4O6S2. The molecule has 12 heteroatoms. The van der Waals surface area contributed by atoms with Gasteiger partial charge in [0.2, 0.25) is 17.7 Å². The summed E-state index contributed by atoms with van der Waals surface area (Å²) < 4.78 is -1.08. The fraction of sp³-hybridized carbons (Fsp3) is 0.429. The molecule has 3 rings (SSSR count). The Hall–Kier alpha value is -3.22. The second kappa shape index (κ2) is 13.9. The van der Waals surface area contributed by atoms with Gasteiger partial charge in [-0.15, -0.1) is 0 Å². The first kappa shape index (κ1) is 31.3. The van der Waals surface area contributed by atoms with Crippen molar-refractivity contribution >= 4 is 48.9 Å². The summed E-state index contributed by atoms with van der Waals surface area (Å²) >= 11 is 8.57. The molecule has 2 aromatic carbocycles. The summed E-state index contributed by atoms with van der Waals surface area (Å²) in [5, 5.41) is 30.3. The van der Waals surface area contributed by atoms with Crippen molar-refractivity contribution in [2.45, 2.75) is 61.5 Å². The first-order chi connectivity index (χ1) is 18.9. The summed E-state index contributed by atoms with van der Waals surface area (Å²) in [6.45, 7) is 3.73. The summed E-state index contributed by atoms with van der Waals surface area (Å²) in [5.41, 5.74) is 1.63. The van der Waals surface area contributed by atoms with Gasteiger partial charge in [0.05, 0.1) is 6.04 Å². The number of aliphatic carboxylic acids is 1. The van der Waals surface area contributed by atoms with Crippen molar-refractivity contribution in [3.8, 4) is 5.75 Å². The molecule has 1 saturated heterocycles. The van der Waals surface area contributed by atoms with E-state index < -0.39 is 52.6 Å². The van der Waals surface area contributed by atoms with Gasteiger partial charge in [-0.2, -0.15) is 25.3 Å². The van der Waals surface area contributed by atoms with Crippen molar-refractivity contribution in [1.29, 1.82) is 0 Å². The molecule has 0 aliphatic carbocycles. The van der Waals surface area contributed by atoms with E-state index in [2.05, 4.69) is 46.5 Å². The first-order valence-electron chi connectivity index (χ1n) is 12.9. The van der Waals surface area contributed by atoms with Crippen LogP contribution in [0.25, 0.3) is 0 Å². The number of nitrogens with one attached hydrogen (secondary N) is 4. The Kier molecular flexibility index (Phi) is 10.9. The number of hydrogen-bond acceptors (Lipinski definition) is 8. The van der Waals surface area contributed by atoms with Gasteiger partial charge in [0.15, 0.2) is 0 Å². The maximum absolute atomic E-state index is 13.3. The highest BCUT2D eigenvalue weighted by Crippen LogP contribution is 2.29. The fourth-order valence-electron chi connectivity index (χ4n) is 4.63. The Morgan fingerprint density at radius 2 is 1.60 bits per heavy atom. The maximum atomic E-state index is 13.3. The zero-order valence-electron chi connectivity index (χ0n) is 22.3. The van der Waals surface area contributed by atoms with Gasteiger partial charge in [-0.3, -0.25) is 14.4 Å². The summed E-state index contributed by atoms with van der Waals surface area (Å²) in [4.78, 5) is 51.6. The molecule has 3 amide bonds. The van der Waals surface area contributed by atoms with Gasteiger partial charge in [0, 0.05) is 22.8 Å². The average molecular weight is 589 g/mol. The third-order valence-corrected chi connectivity index (χ3v) is 7.42. The van der Waals surface area contributed by atoms with Crippen LogP contribution in [0.2, 0.25) is 0 Å². The molecule has 0 bridgehead atoms. The van der Waals surface area contributed by atoms with Crippen LogP contribution in [0.4, 0.5) is 0 Å². The number of amides is 3. The van der Waals surface area contributed by atoms with Crippen molar-refractivity contribution in [3.05, 3.63) is 65.7 Å². The number of aromatic hydroxyl groups is 1. The van der Waals surface area contributed by atoms with E-state index in [1.165, 1.54) is 0 Å². The van der Waals surface area contributed by atoms with Crippen LogP contribution in [-0.2, 0) is 25.6 Å². The Bertz CT molecular complexity index is 1190. The molecule has 0 aromatic heterocycles. The van der Waals surface area contributed by atoms with Crippen molar-refractivity contribution in [2.75, 3.05) is 12.3 Å². The molecule has 1 fully saturated rings. The van der Waals surface area contributed by atoms with E-state index in [1.807, 2.05) is 6.07 Å². The predicted molar refractivity (Wildman–Crippen MR) is 158 cm³/mol. The van der Waals surface area contributed by atoms with Crippen LogP contribution in [0.15, 0.2) is 54.6 Å². The molecule has 1 aliphatic rings. The van der Waals surface area contributed by atoms with E-state index in [4.69, 9.17) is 0 Å². The largest absolute Gasteiger partial charge is 0.508 e. The lowest BCUT2D eigenvalue weighted by Gasteiger charge is -2.29. The zero-order valence-corrected chi connectivity index (χ0v) is 24.1. The topological polar surface area (TPSA) is 157 Å². The summed E-state index contributed by atoms with van der Waals surface area (Å²) in [7, 11) is 0. The molecule has 2 aromatic rings. The highest BCUT2D eigenvalue weighted by molar-refractivity contribution is 7.81. The minimum atomic E-state index is -1.32. The number of benzene rings is 2. The number of carboxylic acids is 1. The summed E-state index contributed by atoms with van der Waals surface area (Å²) in [6, 6.07) is 11.5. The van der Waals surface area contributed by atoms with Crippen LogP contribution in [0.5, 0.6) is 5.75 Å². The molecule has 216 valence electrons. The number of carbonyl (C=O) groups excluding carboxylic acids is 3. The standard InChI is InChI=1S/C28H36N4O6S2/c1-28(2,40)23(27(37)38)32-24(34)20(14-16-6-4-3-5-7-16)30-25(35)21(15-39)31-26(36)22-19(12-13-29-22)17-8-10-18(33)11-9-17/h3-11,19-23,29,33,39-40H,12-15H2,1-2H3,(H,30,35)(H,31,36)(H,32,34)(H,37,38)/t19-,20+,21-,22+,23+/m1/s1. The fourth-order valence-corrected chi connectivity index (χ4v) is 5.06. The molecule has 6 N–H and O–H groups in total. The Morgan fingerprint density at radius 3 is 2.17 bits per heavy atom. The Morgan fingerprint density at radius 1 is 0.975 bits per heavy atom. The van der Waals surface area contributed by atoms with Crippen LogP contribution in [-0.4, -0.2) is 75.1 Å². The van der Waals surface area contributed by atoms with Crippen LogP contribution in [0.3, 0.4) is 0 Å². The van der Waals surface area contributed by atoms with Gasteiger partial charge in [0.1, 0.15) is 23.9 Å². The van der Waals surface area contributed by atoms with Gasteiger partial charge in [0.25, 0.3) is 0 Å². The van der Waals surface area contributed by atoms with Crippen LogP contribution in [0, 0.1) is 0 Å². The third-order valence-electron chi connectivity index (χ3n) is 6.80. The number of hydrogen-bond donors (Lipinski definition) is 8. The molecule has 10 nitrogen and oxygen atoms in total. The van der Waals surface area contributed by atoms with Crippen molar-refractivity contribution in [3.63, 3.8) is 0 Å². The van der Waals surface area contributed by atoms with Gasteiger partial charge in [-0.05, 0) is 50.1 Å². The van der Waals surface area contributed by atoms with Gasteiger partial charge in [-0.1, -0.05) is 42.5 Å². The number of phenols is 1. The molecule has 0 spiro atoms. The van der Waals surface area contributed by atoms with Gasteiger partial charge < -0.3 is 31.5 Å². The van der Waals surface area contributed by atoms with E-state index in [-0.39, 0.29) is 23.8 Å². The molecule has 1 aliphatic heterocycles.